The maximum atomic E-state index is 12.6. The molecule has 0 aliphatic rings. The number of carboxylic acids is 1. The van der Waals surface area contributed by atoms with Crippen molar-refractivity contribution in [2.75, 3.05) is 0 Å². The van der Waals surface area contributed by atoms with E-state index in [-0.39, 0.29) is 11.1 Å². The quantitative estimate of drug-likeness (QED) is 0.706. The Balaban J connectivity index is 1.97. The van der Waals surface area contributed by atoms with Gasteiger partial charge in [0.2, 0.25) is 0 Å². The molecule has 25 heavy (non-hydrogen) atoms. The van der Waals surface area contributed by atoms with Gasteiger partial charge >= 0.3 is 11.9 Å². The average Bonchev–Trinajstić information content (AvgIpc) is 2.67. The normalized spacial score (nSPS) is 10.4. The molecule has 0 saturated heterocycles. The predicted octanol–water partition coefficient (Wildman–Crippen LogP) is 4.33. The van der Waals surface area contributed by atoms with E-state index < -0.39 is 18.0 Å². The zero-order valence-corrected chi connectivity index (χ0v) is 13.3. The highest BCUT2D eigenvalue weighted by molar-refractivity contribution is 6.02. The van der Waals surface area contributed by atoms with E-state index in [1.54, 1.807) is 12.1 Å². The molecule has 0 atom stereocenters. The Morgan fingerprint density at radius 1 is 0.680 bits per heavy atom. The highest BCUT2D eigenvalue weighted by atomic mass is 16.5. The third-order valence-corrected chi connectivity index (χ3v) is 3.81. The Bertz CT molecular complexity index is 833. The van der Waals surface area contributed by atoms with Crippen molar-refractivity contribution in [2.24, 2.45) is 0 Å². The topological polar surface area (TPSA) is 63.6 Å². The SMILES string of the molecule is O=C(O)c1ccccc1C(=O)OC(c1ccccc1)c1ccccc1. The smallest absolute Gasteiger partial charge is 0.339 e. The van der Waals surface area contributed by atoms with E-state index in [0.717, 1.165) is 11.1 Å². The number of aromatic carboxylic acids is 1. The average molecular weight is 332 g/mol. The van der Waals surface area contributed by atoms with Crippen LogP contribution in [0.1, 0.15) is 37.9 Å². The van der Waals surface area contributed by atoms with Crippen molar-refractivity contribution in [3.63, 3.8) is 0 Å². The summed E-state index contributed by atoms with van der Waals surface area (Å²) >= 11 is 0. The highest BCUT2D eigenvalue weighted by Crippen LogP contribution is 2.27. The lowest BCUT2D eigenvalue weighted by atomic mass is 10.0. The molecule has 0 aliphatic heterocycles. The number of rotatable bonds is 5. The van der Waals surface area contributed by atoms with Gasteiger partial charge in [-0.15, -0.1) is 0 Å². The van der Waals surface area contributed by atoms with Crippen LogP contribution in [0.15, 0.2) is 84.9 Å². The third kappa shape index (κ3) is 3.75. The second-order valence-electron chi connectivity index (χ2n) is 5.46. The summed E-state index contributed by atoms with van der Waals surface area (Å²) in [6.07, 6.45) is -0.614. The van der Waals surface area contributed by atoms with Crippen molar-refractivity contribution in [3.05, 3.63) is 107 Å². The molecular weight excluding hydrogens is 316 g/mol. The van der Waals surface area contributed by atoms with Gasteiger partial charge in [0.15, 0.2) is 6.10 Å². The number of benzene rings is 3. The standard InChI is InChI=1S/C21H16O4/c22-20(23)17-13-7-8-14-18(17)21(24)25-19(15-9-3-1-4-10-15)16-11-5-2-6-12-16/h1-14,19H,(H,22,23). The summed E-state index contributed by atoms with van der Waals surface area (Å²) in [5, 5.41) is 9.27. The third-order valence-electron chi connectivity index (χ3n) is 3.81. The summed E-state index contributed by atoms with van der Waals surface area (Å²) < 4.78 is 5.70. The first kappa shape index (κ1) is 16.5. The number of carbonyl (C=O) groups excluding carboxylic acids is 1. The summed E-state index contributed by atoms with van der Waals surface area (Å²) in [4.78, 5) is 24.0. The van der Waals surface area contributed by atoms with Gasteiger partial charge in [0.25, 0.3) is 0 Å². The zero-order chi connectivity index (χ0) is 17.6. The number of hydrogen-bond donors (Lipinski definition) is 1. The van der Waals surface area contributed by atoms with E-state index in [1.807, 2.05) is 60.7 Å². The summed E-state index contributed by atoms with van der Waals surface area (Å²) in [5.41, 5.74) is 1.59. The van der Waals surface area contributed by atoms with Gasteiger partial charge in [0.05, 0.1) is 11.1 Å². The first-order chi connectivity index (χ1) is 12.2. The largest absolute Gasteiger partial charge is 0.478 e. The van der Waals surface area contributed by atoms with Gasteiger partial charge in [-0.3, -0.25) is 0 Å². The van der Waals surface area contributed by atoms with Crippen LogP contribution >= 0.6 is 0 Å². The van der Waals surface area contributed by atoms with Crippen LogP contribution in [0, 0.1) is 0 Å². The van der Waals surface area contributed by atoms with Crippen LogP contribution in [0.25, 0.3) is 0 Å². The summed E-state index contributed by atoms with van der Waals surface area (Å²) in [6, 6.07) is 24.7. The second-order valence-corrected chi connectivity index (χ2v) is 5.46. The Labute approximate surface area is 145 Å². The Kier molecular flexibility index (Phi) is 4.90. The fourth-order valence-corrected chi connectivity index (χ4v) is 2.60. The molecule has 0 saturated carbocycles. The molecule has 0 heterocycles. The number of ether oxygens (including phenoxy) is 1. The summed E-state index contributed by atoms with van der Waals surface area (Å²) in [7, 11) is 0. The van der Waals surface area contributed by atoms with E-state index in [0.29, 0.717) is 0 Å². The van der Waals surface area contributed by atoms with Gasteiger partial charge in [-0.1, -0.05) is 72.8 Å². The molecule has 3 rings (SSSR count). The molecule has 4 nitrogen and oxygen atoms in total. The minimum Gasteiger partial charge on any atom is -0.478 e. The van der Waals surface area contributed by atoms with Gasteiger partial charge in [0.1, 0.15) is 0 Å². The minimum absolute atomic E-state index is 0.0341. The maximum Gasteiger partial charge on any atom is 0.339 e. The molecule has 4 heteroatoms. The maximum absolute atomic E-state index is 12.6. The van der Waals surface area contributed by atoms with Gasteiger partial charge in [-0.2, -0.15) is 0 Å². The lowest BCUT2D eigenvalue weighted by Gasteiger charge is -2.19. The van der Waals surface area contributed by atoms with Crippen molar-refractivity contribution < 1.29 is 19.4 Å². The predicted molar refractivity (Wildman–Crippen MR) is 93.5 cm³/mol. The second kappa shape index (κ2) is 7.45. The Morgan fingerprint density at radius 2 is 1.12 bits per heavy atom. The molecule has 0 bridgehead atoms. The fraction of sp³-hybridized carbons (Fsp3) is 0.0476. The molecule has 3 aromatic carbocycles. The molecule has 0 fully saturated rings. The van der Waals surface area contributed by atoms with Gasteiger partial charge in [-0.25, -0.2) is 9.59 Å². The molecule has 0 spiro atoms. The first-order valence-corrected chi connectivity index (χ1v) is 7.80. The van der Waals surface area contributed by atoms with Gasteiger partial charge in [0, 0.05) is 0 Å². The number of hydrogen-bond acceptors (Lipinski definition) is 3. The van der Waals surface area contributed by atoms with Crippen LogP contribution in [0.5, 0.6) is 0 Å². The number of esters is 1. The molecule has 0 unspecified atom stereocenters. The van der Waals surface area contributed by atoms with E-state index in [9.17, 15) is 14.7 Å². The number of carboxylic acid groups (broad SMARTS) is 1. The molecule has 0 amide bonds. The van der Waals surface area contributed by atoms with E-state index in [1.165, 1.54) is 12.1 Å². The van der Waals surface area contributed by atoms with E-state index in [4.69, 9.17) is 4.74 Å². The van der Waals surface area contributed by atoms with Crippen LogP contribution in [-0.4, -0.2) is 17.0 Å². The molecule has 0 aliphatic carbocycles. The first-order valence-electron chi connectivity index (χ1n) is 7.80. The van der Waals surface area contributed by atoms with Crippen LogP contribution in [-0.2, 0) is 4.74 Å². The monoisotopic (exact) mass is 332 g/mol. The molecule has 1 N–H and O–H groups in total. The van der Waals surface area contributed by atoms with Crippen LogP contribution in [0.3, 0.4) is 0 Å². The Hall–Kier alpha value is -3.40. The molecule has 3 aromatic rings. The van der Waals surface area contributed by atoms with Crippen LogP contribution in [0.4, 0.5) is 0 Å². The van der Waals surface area contributed by atoms with Crippen molar-refractivity contribution in [2.45, 2.75) is 6.10 Å². The van der Waals surface area contributed by atoms with Gasteiger partial charge in [-0.05, 0) is 23.3 Å². The lowest BCUT2D eigenvalue weighted by Crippen LogP contribution is -2.16. The molecular formula is C21H16O4. The van der Waals surface area contributed by atoms with E-state index in [2.05, 4.69) is 0 Å². The Morgan fingerprint density at radius 3 is 1.60 bits per heavy atom. The zero-order valence-electron chi connectivity index (χ0n) is 13.3. The molecule has 0 radical (unpaired) electrons. The highest BCUT2D eigenvalue weighted by Gasteiger charge is 2.23. The summed E-state index contributed by atoms with van der Waals surface area (Å²) in [5.74, 6) is -1.83. The number of carbonyl (C=O) groups is 2. The van der Waals surface area contributed by atoms with Crippen molar-refractivity contribution in [1.82, 2.24) is 0 Å². The summed E-state index contributed by atoms with van der Waals surface area (Å²) in [6.45, 7) is 0. The van der Waals surface area contributed by atoms with Crippen molar-refractivity contribution >= 4 is 11.9 Å². The van der Waals surface area contributed by atoms with Crippen molar-refractivity contribution in [1.29, 1.82) is 0 Å². The molecule has 0 aromatic heterocycles. The lowest BCUT2D eigenvalue weighted by molar-refractivity contribution is 0.0371. The fourth-order valence-electron chi connectivity index (χ4n) is 2.60. The van der Waals surface area contributed by atoms with Crippen LogP contribution < -0.4 is 0 Å². The van der Waals surface area contributed by atoms with Crippen LogP contribution in [0.2, 0.25) is 0 Å². The van der Waals surface area contributed by atoms with E-state index >= 15 is 0 Å². The van der Waals surface area contributed by atoms with Gasteiger partial charge < -0.3 is 9.84 Å². The van der Waals surface area contributed by atoms with Crippen molar-refractivity contribution in [3.8, 4) is 0 Å². The minimum atomic E-state index is -1.16. The molecule has 124 valence electrons.